The molecule has 1 amide bonds. The second-order valence-electron chi connectivity index (χ2n) is 4.31. The van der Waals surface area contributed by atoms with Crippen LogP contribution in [-0.2, 0) is 4.79 Å². The molecule has 0 spiro atoms. The largest absolute Gasteiger partial charge is 0.481 e. The van der Waals surface area contributed by atoms with Gasteiger partial charge >= 0.3 is 5.97 Å². The van der Waals surface area contributed by atoms with E-state index in [2.05, 4.69) is 10.2 Å². The fourth-order valence-electron chi connectivity index (χ4n) is 2.06. The zero-order valence-corrected chi connectivity index (χ0v) is 9.63. The molecule has 2 N–H and O–H groups in total. The highest BCUT2D eigenvalue weighted by atomic mass is 16.4. The first kappa shape index (κ1) is 12.3. The molecule has 1 saturated heterocycles. The van der Waals surface area contributed by atoms with Gasteiger partial charge in [0, 0.05) is 25.6 Å². The second kappa shape index (κ2) is 4.99. The topological polar surface area (TPSA) is 103 Å². The molecule has 96 valence electrons. The predicted molar refractivity (Wildman–Crippen MR) is 61.1 cm³/mol. The average Bonchev–Trinajstić information content (AvgIpc) is 2.76. The van der Waals surface area contributed by atoms with Crippen molar-refractivity contribution in [2.75, 3.05) is 13.1 Å². The minimum Gasteiger partial charge on any atom is -0.481 e. The molecule has 1 fully saturated rings. The van der Waals surface area contributed by atoms with E-state index in [1.54, 1.807) is 4.90 Å². The fourth-order valence-corrected chi connectivity index (χ4v) is 2.06. The van der Waals surface area contributed by atoms with Crippen LogP contribution in [0.3, 0.4) is 0 Å². The molecule has 0 radical (unpaired) electrons. The van der Waals surface area contributed by atoms with Crippen LogP contribution in [0.5, 0.6) is 0 Å². The summed E-state index contributed by atoms with van der Waals surface area (Å²) in [4.78, 5) is 35.0. The van der Waals surface area contributed by atoms with Crippen molar-refractivity contribution in [1.82, 2.24) is 15.1 Å². The Kier molecular flexibility index (Phi) is 3.40. The van der Waals surface area contributed by atoms with Crippen LogP contribution in [0, 0.1) is 5.92 Å². The van der Waals surface area contributed by atoms with Crippen LogP contribution in [0.25, 0.3) is 0 Å². The Morgan fingerprint density at radius 2 is 2.28 bits per heavy atom. The number of nitrogens with one attached hydrogen (secondary N) is 1. The van der Waals surface area contributed by atoms with Gasteiger partial charge in [0.1, 0.15) is 5.69 Å². The molecular formula is C11H13N3O4. The molecule has 2 rings (SSSR count). The fraction of sp³-hybridized carbons (Fsp3) is 0.455. The lowest BCUT2D eigenvalue weighted by Gasteiger charge is -2.15. The van der Waals surface area contributed by atoms with Crippen molar-refractivity contribution < 1.29 is 14.7 Å². The maximum atomic E-state index is 12.0. The maximum absolute atomic E-state index is 12.0. The number of carbonyl (C=O) groups excluding carboxylic acids is 1. The first-order chi connectivity index (χ1) is 8.56. The number of aliphatic carboxylic acids is 1. The third kappa shape index (κ3) is 2.73. The minimum atomic E-state index is -0.850. The van der Waals surface area contributed by atoms with Gasteiger partial charge in [-0.25, -0.2) is 5.10 Å². The summed E-state index contributed by atoms with van der Waals surface area (Å²) >= 11 is 0. The SMILES string of the molecule is O=C(O)CC1CCN(C(=O)c2ccc(=O)[nH]n2)C1. The van der Waals surface area contributed by atoms with Crippen LogP contribution in [0.4, 0.5) is 0 Å². The molecule has 0 aromatic carbocycles. The zero-order chi connectivity index (χ0) is 13.1. The van der Waals surface area contributed by atoms with Gasteiger partial charge in [-0.1, -0.05) is 0 Å². The standard InChI is InChI=1S/C11H13N3O4/c15-9-2-1-8(12-13-9)11(18)14-4-3-7(6-14)5-10(16)17/h1-2,7H,3-6H2,(H,13,15)(H,16,17). The van der Waals surface area contributed by atoms with Crippen LogP contribution in [0.15, 0.2) is 16.9 Å². The van der Waals surface area contributed by atoms with Crippen LogP contribution >= 0.6 is 0 Å². The van der Waals surface area contributed by atoms with E-state index in [4.69, 9.17) is 5.11 Å². The molecule has 2 heterocycles. The van der Waals surface area contributed by atoms with E-state index in [9.17, 15) is 14.4 Å². The third-order valence-corrected chi connectivity index (χ3v) is 2.93. The summed E-state index contributed by atoms with van der Waals surface area (Å²) in [6.45, 7) is 0.948. The van der Waals surface area contributed by atoms with Gasteiger partial charge in [-0.2, -0.15) is 5.10 Å². The van der Waals surface area contributed by atoms with Crippen LogP contribution < -0.4 is 5.56 Å². The number of rotatable bonds is 3. The molecule has 7 nitrogen and oxygen atoms in total. The van der Waals surface area contributed by atoms with Gasteiger partial charge in [-0.3, -0.25) is 14.4 Å². The number of hydrogen-bond acceptors (Lipinski definition) is 4. The summed E-state index contributed by atoms with van der Waals surface area (Å²) in [5.74, 6) is -1.13. The van der Waals surface area contributed by atoms with Crippen molar-refractivity contribution in [3.63, 3.8) is 0 Å². The lowest BCUT2D eigenvalue weighted by Crippen LogP contribution is -2.30. The van der Waals surface area contributed by atoms with Gasteiger partial charge in [-0.15, -0.1) is 0 Å². The molecule has 1 aromatic heterocycles. The smallest absolute Gasteiger partial charge is 0.303 e. The van der Waals surface area contributed by atoms with E-state index in [0.717, 1.165) is 0 Å². The van der Waals surface area contributed by atoms with Gasteiger partial charge in [0.2, 0.25) is 0 Å². The van der Waals surface area contributed by atoms with E-state index in [0.29, 0.717) is 19.5 Å². The van der Waals surface area contributed by atoms with Crippen molar-refractivity contribution in [2.24, 2.45) is 5.92 Å². The quantitative estimate of drug-likeness (QED) is 0.768. The summed E-state index contributed by atoms with van der Waals surface area (Å²) in [7, 11) is 0. The highest BCUT2D eigenvalue weighted by Gasteiger charge is 2.28. The van der Waals surface area contributed by atoms with Crippen molar-refractivity contribution in [3.8, 4) is 0 Å². The molecule has 1 atom stereocenters. The summed E-state index contributed by atoms with van der Waals surface area (Å²) in [5.41, 5.74) is -0.192. The van der Waals surface area contributed by atoms with E-state index in [1.165, 1.54) is 12.1 Å². The Morgan fingerprint density at radius 3 is 2.89 bits per heavy atom. The number of likely N-dealkylation sites (tertiary alicyclic amines) is 1. The second-order valence-corrected chi connectivity index (χ2v) is 4.31. The molecule has 1 unspecified atom stereocenters. The number of amides is 1. The molecule has 0 aliphatic carbocycles. The number of carboxylic acid groups (broad SMARTS) is 1. The Balaban J connectivity index is 2.01. The van der Waals surface area contributed by atoms with Crippen molar-refractivity contribution >= 4 is 11.9 Å². The number of hydrogen-bond donors (Lipinski definition) is 2. The van der Waals surface area contributed by atoms with Crippen LogP contribution in [0.2, 0.25) is 0 Å². The van der Waals surface area contributed by atoms with Gasteiger partial charge in [0.15, 0.2) is 0 Å². The summed E-state index contributed by atoms with van der Waals surface area (Å²) in [5, 5.41) is 14.6. The first-order valence-electron chi connectivity index (χ1n) is 5.63. The minimum absolute atomic E-state index is 0.00536. The first-order valence-corrected chi connectivity index (χ1v) is 5.63. The van der Waals surface area contributed by atoms with E-state index in [-0.39, 0.29) is 29.5 Å². The number of H-pyrrole nitrogens is 1. The van der Waals surface area contributed by atoms with E-state index >= 15 is 0 Å². The van der Waals surface area contributed by atoms with E-state index < -0.39 is 5.97 Å². The number of carboxylic acids is 1. The van der Waals surface area contributed by atoms with Crippen molar-refractivity contribution in [1.29, 1.82) is 0 Å². The Hall–Kier alpha value is -2.18. The maximum Gasteiger partial charge on any atom is 0.303 e. The van der Waals surface area contributed by atoms with Gasteiger partial charge in [0.05, 0.1) is 0 Å². The number of nitrogens with zero attached hydrogens (tertiary/aromatic N) is 2. The zero-order valence-electron chi connectivity index (χ0n) is 9.63. The average molecular weight is 251 g/mol. The van der Waals surface area contributed by atoms with Crippen molar-refractivity contribution in [3.05, 3.63) is 28.2 Å². The molecule has 1 aliphatic rings. The van der Waals surface area contributed by atoms with Gasteiger partial charge in [0.25, 0.3) is 11.5 Å². The summed E-state index contributed by atoms with van der Waals surface area (Å²) < 4.78 is 0. The molecule has 18 heavy (non-hydrogen) atoms. The predicted octanol–water partition coefficient (Wildman–Crippen LogP) is -0.293. The van der Waals surface area contributed by atoms with Crippen LogP contribution in [0.1, 0.15) is 23.3 Å². The highest BCUT2D eigenvalue weighted by Crippen LogP contribution is 2.20. The number of aromatic nitrogens is 2. The Labute approximate surface area is 102 Å². The lowest BCUT2D eigenvalue weighted by molar-refractivity contribution is -0.138. The molecule has 7 heteroatoms. The van der Waals surface area contributed by atoms with Gasteiger partial charge in [-0.05, 0) is 18.4 Å². The Bertz CT molecular complexity index is 505. The lowest BCUT2D eigenvalue weighted by atomic mass is 10.1. The monoisotopic (exact) mass is 251 g/mol. The van der Waals surface area contributed by atoms with Crippen LogP contribution in [-0.4, -0.2) is 45.2 Å². The molecular weight excluding hydrogens is 238 g/mol. The summed E-state index contributed by atoms with van der Waals surface area (Å²) in [6, 6.07) is 2.61. The molecule has 1 aliphatic heterocycles. The third-order valence-electron chi connectivity index (χ3n) is 2.93. The molecule has 0 saturated carbocycles. The summed E-state index contributed by atoms with van der Waals surface area (Å²) in [6.07, 6.45) is 0.754. The molecule has 1 aromatic rings. The van der Waals surface area contributed by atoms with E-state index in [1.807, 2.05) is 0 Å². The number of aromatic amines is 1. The number of carbonyl (C=O) groups is 2. The van der Waals surface area contributed by atoms with Crippen molar-refractivity contribution in [2.45, 2.75) is 12.8 Å². The van der Waals surface area contributed by atoms with Gasteiger partial charge < -0.3 is 10.0 Å². The Morgan fingerprint density at radius 1 is 1.50 bits per heavy atom. The highest BCUT2D eigenvalue weighted by molar-refractivity contribution is 5.92. The molecule has 0 bridgehead atoms. The normalized spacial score (nSPS) is 18.9.